The summed E-state index contributed by atoms with van der Waals surface area (Å²) >= 11 is 0. The number of anilines is 1. The fraction of sp³-hybridized carbons (Fsp3) is 0.706. The Morgan fingerprint density at radius 2 is 2.24 bits per heavy atom. The van der Waals surface area contributed by atoms with E-state index < -0.39 is 0 Å². The largest absolute Gasteiger partial charge is 0.478 e. The predicted molar refractivity (Wildman–Crippen MR) is 87.9 cm³/mol. The van der Waals surface area contributed by atoms with Gasteiger partial charge in [-0.05, 0) is 45.8 Å². The molecule has 0 amide bonds. The van der Waals surface area contributed by atoms with Gasteiger partial charge in [-0.1, -0.05) is 25.8 Å². The van der Waals surface area contributed by atoms with Crippen molar-refractivity contribution in [2.24, 2.45) is 5.92 Å². The molecule has 0 aromatic carbocycles. The number of pyridine rings is 1. The van der Waals surface area contributed by atoms with Gasteiger partial charge < -0.3 is 15.0 Å². The van der Waals surface area contributed by atoms with Gasteiger partial charge in [0.1, 0.15) is 5.82 Å². The molecule has 4 heteroatoms. The van der Waals surface area contributed by atoms with E-state index in [1.54, 1.807) is 0 Å². The van der Waals surface area contributed by atoms with Gasteiger partial charge in [-0.3, -0.25) is 0 Å². The van der Waals surface area contributed by atoms with Crippen LogP contribution in [-0.2, 0) is 0 Å². The minimum Gasteiger partial charge on any atom is -0.478 e. The fourth-order valence-corrected chi connectivity index (χ4v) is 3.35. The number of hydrogen-bond donors (Lipinski definition) is 1. The van der Waals surface area contributed by atoms with Crippen molar-refractivity contribution in [1.29, 1.82) is 0 Å². The van der Waals surface area contributed by atoms with E-state index in [9.17, 15) is 0 Å². The van der Waals surface area contributed by atoms with Gasteiger partial charge in [0.15, 0.2) is 0 Å². The molecule has 21 heavy (non-hydrogen) atoms. The maximum atomic E-state index is 5.47. The van der Waals surface area contributed by atoms with Crippen LogP contribution in [0, 0.1) is 5.92 Å². The van der Waals surface area contributed by atoms with Crippen molar-refractivity contribution in [2.75, 3.05) is 32.6 Å². The van der Waals surface area contributed by atoms with Crippen molar-refractivity contribution >= 4 is 5.82 Å². The molecule has 2 atom stereocenters. The van der Waals surface area contributed by atoms with Crippen LogP contribution in [0.1, 0.15) is 39.5 Å². The summed E-state index contributed by atoms with van der Waals surface area (Å²) in [6, 6.07) is 5.91. The maximum absolute atomic E-state index is 5.47. The Morgan fingerprint density at radius 3 is 2.90 bits per heavy atom. The van der Waals surface area contributed by atoms with Crippen molar-refractivity contribution in [1.82, 2.24) is 9.88 Å². The number of ether oxygens (including phenoxy) is 1. The smallest absolute Gasteiger partial charge is 0.215 e. The van der Waals surface area contributed by atoms with E-state index >= 15 is 0 Å². The standard InChI is InChI=1S/C17H29N3O/c1-5-21-16-10-6-9-15(19-16)18-13-17(20(3)4)11-7-8-14(2)12-17/h6,9-10,14H,5,7-8,11-13H2,1-4H3,(H,18,19). The van der Waals surface area contributed by atoms with E-state index in [0.29, 0.717) is 12.5 Å². The van der Waals surface area contributed by atoms with Crippen LogP contribution >= 0.6 is 0 Å². The molecular formula is C17H29N3O. The molecule has 1 aromatic rings. The highest BCUT2D eigenvalue weighted by atomic mass is 16.5. The van der Waals surface area contributed by atoms with Gasteiger partial charge in [0.05, 0.1) is 6.61 Å². The van der Waals surface area contributed by atoms with Crippen molar-refractivity contribution in [3.05, 3.63) is 18.2 Å². The van der Waals surface area contributed by atoms with Crippen LogP contribution in [0.3, 0.4) is 0 Å². The summed E-state index contributed by atoms with van der Waals surface area (Å²) in [5.74, 6) is 2.39. The Balaban J connectivity index is 2.03. The zero-order valence-electron chi connectivity index (χ0n) is 13.9. The number of hydrogen-bond acceptors (Lipinski definition) is 4. The van der Waals surface area contributed by atoms with Crippen molar-refractivity contribution < 1.29 is 4.74 Å². The highest BCUT2D eigenvalue weighted by Crippen LogP contribution is 2.35. The first-order valence-corrected chi connectivity index (χ1v) is 8.07. The Hall–Kier alpha value is -1.29. The first kappa shape index (κ1) is 16.1. The normalized spacial score (nSPS) is 25.9. The molecule has 0 radical (unpaired) electrons. The van der Waals surface area contributed by atoms with E-state index in [1.165, 1.54) is 25.7 Å². The second kappa shape index (κ2) is 7.12. The summed E-state index contributed by atoms with van der Waals surface area (Å²) in [5, 5.41) is 3.52. The van der Waals surface area contributed by atoms with Crippen molar-refractivity contribution in [3.8, 4) is 5.88 Å². The molecule has 1 aliphatic rings. The zero-order valence-corrected chi connectivity index (χ0v) is 13.9. The van der Waals surface area contributed by atoms with Crippen LogP contribution in [-0.4, -0.2) is 42.7 Å². The van der Waals surface area contributed by atoms with Gasteiger partial charge in [0, 0.05) is 18.2 Å². The summed E-state index contributed by atoms with van der Waals surface area (Å²) in [6.45, 7) is 5.93. The molecule has 0 saturated heterocycles. The Labute approximate surface area is 128 Å². The van der Waals surface area contributed by atoms with Crippen LogP contribution in [0.15, 0.2) is 18.2 Å². The minimum atomic E-state index is 0.237. The molecule has 1 fully saturated rings. The summed E-state index contributed by atoms with van der Waals surface area (Å²) in [4.78, 5) is 6.90. The lowest BCUT2D eigenvalue weighted by Crippen LogP contribution is -2.52. The summed E-state index contributed by atoms with van der Waals surface area (Å²) in [7, 11) is 4.40. The highest BCUT2D eigenvalue weighted by Gasteiger charge is 2.36. The lowest BCUT2D eigenvalue weighted by molar-refractivity contribution is 0.0881. The maximum Gasteiger partial charge on any atom is 0.215 e. The monoisotopic (exact) mass is 291 g/mol. The third-order valence-corrected chi connectivity index (χ3v) is 4.63. The topological polar surface area (TPSA) is 37.4 Å². The first-order chi connectivity index (χ1) is 10.1. The highest BCUT2D eigenvalue weighted by molar-refractivity contribution is 5.37. The van der Waals surface area contributed by atoms with E-state index in [0.717, 1.165) is 18.3 Å². The lowest BCUT2D eigenvalue weighted by Gasteiger charge is -2.45. The number of aromatic nitrogens is 1. The fourth-order valence-electron chi connectivity index (χ4n) is 3.35. The van der Waals surface area contributed by atoms with Gasteiger partial charge in [-0.15, -0.1) is 0 Å². The van der Waals surface area contributed by atoms with Crippen LogP contribution in [0.2, 0.25) is 0 Å². The molecule has 1 aliphatic carbocycles. The molecule has 1 saturated carbocycles. The average molecular weight is 291 g/mol. The number of likely N-dealkylation sites (N-methyl/N-ethyl adjacent to an activating group) is 1. The molecule has 1 heterocycles. The molecule has 0 aliphatic heterocycles. The SMILES string of the molecule is CCOc1cccc(NCC2(N(C)C)CCCC(C)C2)n1. The van der Waals surface area contributed by atoms with Crippen LogP contribution in [0.5, 0.6) is 5.88 Å². The average Bonchev–Trinajstić information content (AvgIpc) is 2.46. The first-order valence-electron chi connectivity index (χ1n) is 8.07. The van der Waals surface area contributed by atoms with E-state index in [2.05, 4.69) is 36.2 Å². The Bertz CT molecular complexity index is 449. The predicted octanol–water partition coefficient (Wildman–Crippen LogP) is 3.40. The van der Waals surface area contributed by atoms with Gasteiger partial charge in [-0.25, -0.2) is 0 Å². The molecule has 1 N–H and O–H groups in total. The number of nitrogens with zero attached hydrogens (tertiary/aromatic N) is 2. The second-order valence-corrected chi connectivity index (χ2v) is 6.47. The minimum absolute atomic E-state index is 0.237. The van der Waals surface area contributed by atoms with Gasteiger partial charge in [0.2, 0.25) is 5.88 Å². The van der Waals surface area contributed by atoms with Crippen LogP contribution in [0.4, 0.5) is 5.82 Å². The van der Waals surface area contributed by atoms with Gasteiger partial charge in [-0.2, -0.15) is 4.98 Å². The zero-order chi connectivity index (χ0) is 15.3. The Kier molecular flexibility index (Phi) is 5.45. The van der Waals surface area contributed by atoms with Crippen molar-refractivity contribution in [3.63, 3.8) is 0 Å². The number of rotatable bonds is 6. The summed E-state index contributed by atoms with van der Waals surface area (Å²) < 4.78 is 5.47. The molecule has 0 bridgehead atoms. The third-order valence-electron chi connectivity index (χ3n) is 4.63. The summed E-state index contributed by atoms with van der Waals surface area (Å²) in [5.41, 5.74) is 0.237. The number of nitrogens with one attached hydrogen (secondary N) is 1. The van der Waals surface area contributed by atoms with E-state index in [4.69, 9.17) is 4.74 Å². The molecule has 2 unspecified atom stereocenters. The third kappa shape index (κ3) is 4.10. The molecule has 0 spiro atoms. The second-order valence-electron chi connectivity index (χ2n) is 6.47. The molecule has 1 aromatic heterocycles. The van der Waals surface area contributed by atoms with Crippen LogP contribution < -0.4 is 10.1 Å². The van der Waals surface area contributed by atoms with E-state index in [1.807, 2.05) is 25.1 Å². The van der Waals surface area contributed by atoms with E-state index in [-0.39, 0.29) is 5.54 Å². The molecule has 2 rings (SSSR count). The summed E-state index contributed by atoms with van der Waals surface area (Å²) in [6.07, 6.45) is 5.17. The van der Waals surface area contributed by atoms with Crippen molar-refractivity contribution in [2.45, 2.75) is 45.1 Å². The molecule has 4 nitrogen and oxygen atoms in total. The quantitative estimate of drug-likeness (QED) is 0.871. The van der Waals surface area contributed by atoms with Gasteiger partial charge >= 0.3 is 0 Å². The van der Waals surface area contributed by atoms with Gasteiger partial charge in [0.25, 0.3) is 0 Å². The molecule has 118 valence electrons. The van der Waals surface area contributed by atoms with Crippen LogP contribution in [0.25, 0.3) is 0 Å². The lowest BCUT2D eigenvalue weighted by atomic mass is 9.75. The Morgan fingerprint density at radius 1 is 1.43 bits per heavy atom. The molecular weight excluding hydrogens is 262 g/mol.